The summed E-state index contributed by atoms with van der Waals surface area (Å²) < 4.78 is 25.3. The zero-order valence-corrected chi connectivity index (χ0v) is 8.74. The highest BCUT2D eigenvalue weighted by molar-refractivity contribution is 9.10. The van der Waals surface area contributed by atoms with Crippen LogP contribution in [0.4, 0.5) is 8.78 Å². The summed E-state index contributed by atoms with van der Waals surface area (Å²) in [6, 6.07) is 4.76. The van der Waals surface area contributed by atoms with E-state index in [-0.39, 0.29) is 5.56 Å². The van der Waals surface area contributed by atoms with Crippen LogP contribution >= 0.6 is 15.9 Å². The van der Waals surface area contributed by atoms with Gasteiger partial charge in [0.05, 0.1) is 0 Å². The highest BCUT2D eigenvalue weighted by Crippen LogP contribution is 2.24. The Morgan fingerprint density at radius 1 is 1.38 bits per heavy atom. The van der Waals surface area contributed by atoms with Crippen LogP contribution in [0.15, 0.2) is 22.7 Å². The third-order valence-electron chi connectivity index (χ3n) is 1.61. The molecule has 0 heterocycles. The quantitative estimate of drug-likeness (QED) is 0.869. The van der Waals surface area contributed by atoms with Gasteiger partial charge in [0.2, 0.25) is 0 Å². The van der Waals surface area contributed by atoms with Crippen LogP contribution in [0.3, 0.4) is 0 Å². The molecule has 1 aromatic carbocycles. The summed E-state index contributed by atoms with van der Waals surface area (Å²) in [5.41, 5.74) is 0.909. The zero-order valence-electron chi connectivity index (χ0n) is 7.15. The maximum atomic E-state index is 12.3. The summed E-state index contributed by atoms with van der Waals surface area (Å²) in [7, 11) is 1.78. The molecule has 0 fully saturated rings. The highest BCUT2D eigenvalue weighted by Gasteiger charge is 2.08. The number of rotatable bonds is 3. The average molecular weight is 250 g/mol. The topological polar surface area (TPSA) is 12.0 Å². The summed E-state index contributed by atoms with van der Waals surface area (Å²) >= 11 is 3.19. The third-order valence-corrected chi connectivity index (χ3v) is 2.07. The van der Waals surface area contributed by atoms with E-state index < -0.39 is 6.43 Å². The van der Waals surface area contributed by atoms with Crippen LogP contribution in [-0.2, 0) is 6.54 Å². The van der Waals surface area contributed by atoms with Crippen molar-refractivity contribution in [3.63, 3.8) is 0 Å². The number of alkyl halides is 2. The molecule has 0 aliphatic heterocycles. The second-order valence-corrected chi connectivity index (χ2v) is 3.64. The van der Waals surface area contributed by atoms with Crippen molar-refractivity contribution in [2.45, 2.75) is 13.0 Å². The molecule has 1 N–H and O–H groups in total. The minimum Gasteiger partial charge on any atom is -0.316 e. The van der Waals surface area contributed by atoms with E-state index in [0.717, 1.165) is 5.56 Å². The summed E-state index contributed by atoms with van der Waals surface area (Å²) in [5.74, 6) is 0. The van der Waals surface area contributed by atoms with Gasteiger partial charge >= 0.3 is 0 Å². The van der Waals surface area contributed by atoms with E-state index in [2.05, 4.69) is 21.2 Å². The fourth-order valence-corrected chi connectivity index (χ4v) is 1.67. The number of benzene rings is 1. The number of hydrogen-bond donors (Lipinski definition) is 1. The molecular formula is C9H10BrF2N. The predicted octanol–water partition coefficient (Wildman–Crippen LogP) is 3.11. The average Bonchev–Trinajstić information content (AvgIpc) is 2.03. The van der Waals surface area contributed by atoms with Crippen LogP contribution < -0.4 is 5.32 Å². The lowest BCUT2D eigenvalue weighted by atomic mass is 10.1. The summed E-state index contributed by atoms with van der Waals surface area (Å²) in [6.07, 6.45) is -2.41. The van der Waals surface area contributed by atoms with Gasteiger partial charge in [-0.1, -0.05) is 15.9 Å². The monoisotopic (exact) mass is 249 g/mol. The number of hydrogen-bond acceptors (Lipinski definition) is 1. The fourth-order valence-electron chi connectivity index (χ4n) is 1.11. The van der Waals surface area contributed by atoms with Gasteiger partial charge in [-0.2, -0.15) is 0 Å². The SMILES string of the molecule is CNCc1cc(Br)cc(C(F)F)c1. The standard InChI is InChI=1S/C9H10BrF2N/c1-13-5-6-2-7(9(11)12)4-8(10)3-6/h2-4,9,13H,5H2,1H3. The van der Waals surface area contributed by atoms with Crippen LogP contribution in [0.1, 0.15) is 17.6 Å². The van der Waals surface area contributed by atoms with Gasteiger partial charge in [0.15, 0.2) is 0 Å². The molecule has 0 aliphatic rings. The lowest BCUT2D eigenvalue weighted by Gasteiger charge is -2.05. The van der Waals surface area contributed by atoms with Crippen LogP contribution in [0.5, 0.6) is 0 Å². The van der Waals surface area contributed by atoms with E-state index in [1.54, 1.807) is 7.05 Å². The van der Waals surface area contributed by atoms with E-state index in [1.165, 1.54) is 12.1 Å². The van der Waals surface area contributed by atoms with E-state index in [9.17, 15) is 8.78 Å². The Hall–Kier alpha value is -0.480. The Balaban J connectivity index is 2.96. The predicted molar refractivity (Wildman–Crippen MR) is 51.9 cm³/mol. The minimum atomic E-state index is -2.41. The Morgan fingerprint density at radius 2 is 2.08 bits per heavy atom. The first-order chi connectivity index (χ1) is 6.13. The van der Waals surface area contributed by atoms with Gasteiger partial charge < -0.3 is 5.32 Å². The summed E-state index contributed by atoms with van der Waals surface area (Å²) in [6.45, 7) is 0.596. The first-order valence-electron chi connectivity index (χ1n) is 3.85. The van der Waals surface area contributed by atoms with Crippen LogP contribution in [-0.4, -0.2) is 7.05 Å². The van der Waals surface area contributed by atoms with Gasteiger partial charge in [0.1, 0.15) is 0 Å². The van der Waals surface area contributed by atoms with Crippen LogP contribution in [0, 0.1) is 0 Å². The molecule has 72 valence electrons. The van der Waals surface area contributed by atoms with Crippen molar-refractivity contribution >= 4 is 15.9 Å². The number of halogens is 3. The van der Waals surface area contributed by atoms with E-state index in [0.29, 0.717) is 11.0 Å². The minimum absolute atomic E-state index is 0.0552. The van der Waals surface area contributed by atoms with Gasteiger partial charge in [-0.25, -0.2) is 8.78 Å². The molecular weight excluding hydrogens is 240 g/mol. The van der Waals surface area contributed by atoms with Gasteiger partial charge in [-0.05, 0) is 30.8 Å². The Kier molecular flexibility index (Phi) is 3.81. The molecule has 0 unspecified atom stereocenters. The second kappa shape index (κ2) is 4.67. The Labute approximate surface area is 84.3 Å². The normalized spacial score (nSPS) is 10.8. The molecule has 13 heavy (non-hydrogen) atoms. The van der Waals surface area contributed by atoms with Crippen LogP contribution in [0.2, 0.25) is 0 Å². The van der Waals surface area contributed by atoms with Crippen molar-refractivity contribution in [3.05, 3.63) is 33.8 Å². The molecule has 0 aliphatic carbocycles. The molecule has 0 saturated heterocycles. The summed E-state index contributed by atoms with van der Waals surface area (Å²) in [4.78, 5) is 0. The molecule has 0 aromatic heterocycles. The lowest BCUT2D eigenvalue weighted by molar-refractivity contribution is 0.151. The molecule has 1 nitrogen and oxygen atoms in total. The molecule has 4 heteroatoms. The van der Waals surface area contributed by atoms with Crippen molar-refractivity contribution in [1.29, 1.82) is 0 Å². The molecule has 0 spiro atoms. The molecule has 0 amide bonds. The van der Waals surface area contributed by atoms with Crippen molar-refractivity contribution in [2.24, 2.45) is 0 Å². The molecule has 0 atom stereocenters. The molecule has 1 rings (SSSR count). The van der Waals surface area contributed by atoms with Gasteiger partial charge in [-0.3, -0.25) is 0 Å². The molecule has 0 saturated carbocycles. The van der Waals surface area contributed by atoms with Crippen molar-refractivity contribution < 1.29 is 8.78 Å². The van der Waals surface area contributed by atoms with Gasteiger partial charge in [-0.15, -0.1) is 0 Å². The van der Waals surface area contributed by atoms with Gasteiger partial charge in [0.25, 0.3) is 6.43 Å². The second-order valence-electron chi connectivity index (χ2n) is 2.72. The number of nitrogens with one attached hydrogen (secondary N) is 1. The Morgan fingerprint density at radius 3 is 2.62 bits per heavy atom. The lowest BCUT2D eigenvalue weighted by Crippen LogP contribution is -2.05. The highest BCUT2D eigenvalue weighted by atomic mass is 79.9. The Bertz CT molecular complexity index is 289. The van der Waals surface area contributed by atoms with Gasteiger partial charge in [0, 0.05) is 16.6 Å². The molecule has 0 radical (unpaired) electrons. The zero-order chi connectivity index (χ0) is 9.84. The molecule has 1 aromatic rings. The third kappa shape index (κ3) is 3.04. The van der Waals surface area contributed by atoms with Crippen molar-refractivity contribution in [2.75, 3.05) is 7.05 Å². The maximum Gasteiger partial charge on any atom is 0.263 e. The maximum absolute atomic E-state index is 12.3. The van der Waals surface area contributed by atoms with E-state index in [1.807, 2.05) is 6.07 Å². The van der Waals surface area contributed by atoms with E-state index >= 15 is 0 Å². The van der Waals surface area contributed by atoms with E-state index in [4.69, 9.17) is 0 Å². The first kappa shape index (κ1) is 10.6. The summed E-state index contributed by atoms with van der Waals surface area (Å²) in [5, 5.41) is 2.91. The van der Waals surface area contributed by atoms with Crippen molar-refractivity contribution in [3.8, 4) is 0 Å². The smallest absolute Gasteiger partial charge is 0.263 e. The van der Waals surface area contributed by atoms with Crippen molar-refractivity contribution in [1.82, 2.24) is 5.32 Å². The largest absolute Gasteiger partial charge is 0.316 e. The fraction of sp³-hybridized carbons (Fsp3) is 0.333. The van der Waals surface area contributed by atoms with Crippen LogP contribution in [0.25, 0.3) is 0 Å². The molecule has 0 bridgehead atoms. The first-order valence-corrected chi connectivity index (χ1v) is 4.65.